The van der Waals surface area contributed by atoms with Crippen LogP contribution in [0.1, 0.15) is 44.6 Å². The van der Waals surface area contributed by atoms with E-state index < -0.39 is 0 Å². The van der Waals surface area contributed by atoms with Crippen LogP contribution in [0, 0.1) is 5.82 Å². The Morgan fingerprint density at radius 3 is 2.62 bits per heavy atom. The molecule has 1 aromatic heterocycles. The molecule has 0 saturated carbocycles. The first-order chi connectivity index (χ1) is 10.1. The lowest BCUT2D eigenvalue weighted by Crippen LogP contribution is -2.23. The lowest BCUT2D eigenvalue weighted by Gasteiger charge is -2.15. The first kappa shape index (κ1) is 15.7. The molecule has 1 heterocycles. The van der Waals surface area contributed by atoms with E-state index in [4.69, 9.17) is 0 Å². The van der Waals surface area contributed by atoms with Crippen molar-refractivity contribution >= 4 is 0 Å². The molecular weight excluding hydrogens is 265 g/mol. The maximum Gasteiger partial charge on any atom is 0.129 e. The van der Waals surface area contributed by atoms with Gasteiger partial charge in [-0.15, -0.1) is 0 Å². The molecule has 3 nitrogen and oxygen atoms in total. The Hall–Kier alpha value is -1.68. The van der Waals surface area contributed by atoms with Crippen LogP contribution >= 0.6 is 0 Å². The van der Waals surface area contributed by atoms with Crippen LogP contribution in [0.15, 0.2) is 24.3 Å². The number of aromatic nitrogens is 2. The zero-order valence-corrected chi connectivity index (χ0v) is 13.3. The van der Waals surface area contributed by atoms with Crippen molar-refractivity contribution in [2.24, 2.45) is 0 Å². The fourth-order valence-electron chi connectivity index (χ4n) is 2.34. The van der Waals surface area contributed by atoms with Crippen molar-refractivity contribution in [3.05, 3.63) is 47.0 Å². The molecule has 0 aliphatic heterocycles. The summed E-state index contributed by atoms with van der Waals surface area (Å²) in [5.41, 5.74) is 3.66. The fraction of sp³-hybridized carbons (Fsp3) is 0.471. The molecule has 0 fully saturated rings. The lowest BCUT2D eigenvalue weighted by atomic mass is 10.1. The Labute approximate surface area is 126 Å². The first-order valence-electron chi connectivity index (χ1n) is 7.65. The maximum absolute atomic E-state index is 14.2. The number of hydrogen-bond acceptors (Lipinski definition) is 2. The van der Waals surface area contributed by atoms with Crippen molar-refractivity contribution < 1.29 is 4.39 Å². The summed E-state index contributed by atoms with van der Waals surface area (Å²) >= 11 is 0. The summed E-state index contributed by atoms with van der Waals surface area (Å²) in [6, 6.07) is 7.61. The Kier molecular flexibility index (Phi) is 5.12. The topological polar surface area (TPSA) is 29.9 Å². The van der Waals surface area contributed by atoms with Crippen molar-refractivity contribution in [2.45, 2.75) is 53.1 Å². The molecule has 0 bridgehead atoms. The van der Waals surface area contributed by atoms with Crippen LogP contribution in [0.4, 0.5) is 4.39 Å². The van der Waals surface area contributed by atoms with Crippen LogP contribution in [-0.2, 0) is 19.4 Å². The predicted molar refractivity (Wildman–Crippen MR) is 84.3 cm³/mol. The molecule has 1 aromatic carbocycles. The zero-order valence-electron chi connectivity index (χ0n) is 13.3. The van der Waals surface area contributed by atoms with Gasteiger partial charge in [-0.1, -0.05) is 33.8 Å². The summed E-state index contributed by atoms with van der Waals surface area (Å²) in [7, 11) is 0. The molecule has 0 saturated heterocycles. The Morgan fingerprint density at radius 1 is 1.24 bits per heavy atom. The van der Waals surface area contributed by atoms with E-state index in [2.05, 4.69) is 44.2 Å². The first-order valence-corrected chi connectivity index (χ1v) is 7.65. The monoisotopic (exact) mass is 289 g/mol. The molecule has 2 aromatic rings. The van der Waals surface area contributed by atoms with Gasteiger partial charge in [0, 0.05) is 23.8 Å². The third-order valence-corrected chi connectivity index (χ3v) is 3.57. The van der Waals surface area contributed by atoms with Gasteiger partial charge in [0.1, 0.15) is 5.82 Å². The third-order valence-electron chi connectivity index (χ3n) is 3.57. The normalized spacial score (nSPS) is 11.3. The molecule has 0 unspecified atom stereocenters. The van der Waals surface area contributed by atoms with Crippen LogP contribution in [0.3, 0.4) is 0 Å². The molecule has 0 radical (unpaired) electrons. The van der Waals surface area contributed by atoms with E-state index in [1.54, 1.807) is 6.07 Å². The molecule has 0 spiro atoms. The summed E-state index contributed by atoms with van der Waals surface area (Å²) in [6.07, 6.45) is 1.76. The van der Waals surface area contributed by atoms with Crippen molar-refractivity contribution in [1.29, 1.82) is 0 Å². The second-order valence-corrected chi connectivity index (χ2v) is 5.52. The Bertz CT molecular complexity index is 602. The molecular formula is C17H24FN3. The highest BCUT2D eigenvalue weighted by molar-refractivity contribution is 5.43. The largest absolute Gasteiger partial charge is 0.310 e. The maximum atomic E-state index is 14.2. The van der Waals surface area contributed by atoms with Crippen molar-refractivity contribution in [1.82, 2.24) is 15.1 Å². The van der Waals surface area contributed by atoms with E-state index in [0.29, 0.717) is 18.2 Å². The smallest absolute Gasteiger partial charge is 0.129 e. The molecule has 2 rings (SSSR count). The quantitative estimate of drug-likeness (QED) is 0.880. The van der Waals surface area contributed by atoms with E-state index >= 15 is 0 Å². The second kappa shape index (κ2) is 6.85. The van der Waals surface area contributed by atoms with Gasteiger partial charge in [-0.2, -0.15) is 5.10 Å². The number of nitrogens with zero attached hydrogens (tertiary/aromatic N) is 2. The van der Waals surface area contributed by atoms with Crippen LogP contribution in [-0.4, -0.2) is 15.8 Å². The van der Waals surface area contributed by atoms with Gasteiger partial charge in [0.15, 0.2) is 0 Å². The van der Waals surface area contributed by atoms with Gasteiger partial charge in [0.05, 0.1) is 11.4 Å². The second-order valence-electron chi connectivity index (χ2n) is 5.52. The van der Waals surface area contributed by atoms with E-state index in [9.17, 15) is 4.39 Å². The standard InChI is InChI=1S/C17H24FN3/c1-5-13-10-14(6-2)21(20-13)17-9-7-8-16(18)15(17)11-19-12(3)4/h7-10,12,19H,5-6,11H2,1-4H3. The average Bonchev–Trinajstić information content (AvgIpc) is 2.88. The van der Waals surface area contributed by atoms with Crippen LogP contribution in [0.5, 0.6) is 0 Å². The highest BCUT2D eigenvalue weighted by Crippen LogP contribution is 2.21. The minimum Gasteiger partial charge on any atom is -0.310 e. The lowest BCUT2D eigenvalue weighted by molar-refractivity contribution is 0.549. The summed E-state index contributed by atoms with van der Waals surface area (Å²) in [4.78, 5) is 0. The van der Waals surface area contributed by atoms with E-state index in [-0.39, 0.29) is 5.82 Å². The van der Waals surface area contributed by atoms with Gasteiger partial charge in [0.25, 0.3) is 0 Å². The molecule has 0 amide bonds. The minimum absolute atomic E-state index is 0.184. The van der Waals surface area contributed by atoms with E-state index in [1.807, 2.05) is 10.7 Å². The van der Waals surface area contributed by atoms with Crippen molar-refractivity contribution in [3.8, 4) is 5.69 Å². The van der Waals surface area contributed by atoms with Gasteiger partial charge in [-0.3, -0.25) is 0 Å². The number of hydrogen-bond donors (Lipinski definition) is 1. The van der Waals surface area contributed by atoms with E-state index in [0.717, 1.165) is 29.9 Å². The molecule has 21 heavy (non-hydrogen) atoms. The highest BCUT2D eigenvalue weighted by Gasteiger charge is 2.14. The van der Waals surface area contributed by atoms with Gasteiger partial charge in [-0.25, -0.2) is 9.07 Å². The van der Waals surface area contributed by atoms with Crippen LogP contribution < -0.4 is 5.32 Å². The molecule has 0 aliphatic rings. The molecule has 0 atom stereocenters. The van der Waals surface area contributed by atoms with Crippen LogP contribution in [0.2, 0.25) is 0 Å². The minimum atomic E-state index is -0.184. The van der Waals surface area contributed by atoms with Crippen molar-refractivity contribution in [2.75, 3.05) is 0 Å². The number of nitrogens with one attached hydrogen (secondary N) is 1. The zero-order chi connectivity index (χ0) is 15.4. The third kappa shape index (κ3) is 3.50. The number of benzene rings is 1. The summed E-state index contributed by atoms with van der Waals surface area (Å²) in [5, 5.41) is 7.91. The summed E-state index contributed by atoms with van der Waals surface area (Å²) in [5.74, 6) is -0.184. The van der Waals surface area contributed by atoms with Gasteiger partial charge in [0.2, 0.25) is 0 Å². The van der Waals surface area contributed by atoms with Crippen molar-refractivity contribution in [3.63, 3.8) is 0 Å². The Morgan fingerprint density at radius 2 is 2.00 bits per heavy atom. The number of halogens is 1. The van der Waals surface area contributed by atoms with E-state index in [1.165, 1.54) is 6.07 Å². The molecule has 114 valence electrons. The number of aryl methyl sites for hydroxylation is 2. The number of rotatable bonds is 6. The molecule has 0 aliphatic carbocycles. The predicted octanol–water partition coefficient (Wildman–Crippen LogP) is 3.63. The van der Waals surface area contributed by atoms with Gasteiger partial charge >= 0.3 is 0 Å². The summed E-state index contributed by atoms with van der Waals surface area (Å²) in [6.45, 7) is 8.80. The summed E-state index contributed by atoms with van der Waals surface area (Å²) < 4.78 is 16.1. The average molecular weight is 289 g/mol. The molecule has 4 heteroatoms. The van der Waals surface area contributed by atoms with Gasteiger partial charge < -0.3 is 5.32 Å². The van der Waals surface area contributed by atoms with Crippen LogP contribution in [0.25, 0.3) is 5.69 Å². The van der Waals surface area contributed by atoms with Gasteiger partial charge in [-0.05, 0) is 31.0 Å². The SMILES string of the molecule is CCc1cc(CC)n(-c2cccc(F)c2CNC(C)C)n1. The highest BCUT2D eigenvalue weighted by atomic mass is 19.1. The Balaban J connectivity index is 2.47. The molecule has 1 N–H and O–H groups in total. The fourth-order valence-corrected chi connectivity index (χ4v) is 2.34.